The summed E-state index contributed by atoms with van der Waals surface area (Å²) in [5.74, 6) is 0. The van der Waals surface area contributed by atoms with Crippen LogP contribution in [0.5, 0.6) is 0 Å². The molecule has 2 aromatic heterocycles. The van der Waals surface area contributed by atoms with Crippen LogP contribution in [0.15, 0.2) is 138 Å². The second-order valence-corrected chi connectivity index (χ2v) is 24.7. The normalized spacial score (nSPS) is 17.2. The smallest absolute Gasteiger partial charge is 0.198 e. The number of fused-ring (bicyclic) bond motifs is 15. The molecule has 8 aromatic carbocycles. The van der Waals surface area contributed by atoms with Crippen LogP contribution in [-0.2, 0) is 27.1 Å². The highest BCUT2D eigenvalue weighted by atomic mass is 16.3. The molecule has 0 saturated carbocycles. The molecule has 343 valence electrons. The quantitative estimate of drug-likeness (QED) is 0.179. The summed E-state index contributed by atoms with van der Waals surface area (Å²) in [6.45, 7) is 26.4. The Morgan fingerprint density at radius 2 is 1.16 bits per heavy atom. The second kappa shape index (κ2) is 13.5. The molecular weight excluding hydrogens is 848 g/mol. The summed E-state index contributed by atoms with van der Waals surface area (Å²) in [4.78, 5) is 0. The SMILES string of the molecule is CC(C)(C)c1ccc(Nc2cc3c(cc2-c2ccc4c5cc6c(cc5n5c4c2[B]c2cc4oc7ccccc7c4cc2-5)C(C)(C)c2ccccc2-6)-c2cc4c(cc2C3(C)C)C(C)(C)CCC4(C)C)cc1. The monoisotopic (exact) mass is 907 g/mol. The Morgan fingerprint density at radius 1 is 0.500 bits per heavy atom. The van der Waals surface area contributed by atoms with Gasteiger partial charge in [-0.3, -0.25) is 0 Å². The molecule has 0 fully saturated rings. The third-order valence-electron chi connectivity index (χ3n) is 17.8. The van der Waals surface area contributed by atoms with Crippen molar-refractivity contribution in [2.75, 3.05) is 5.32 Å². The molecule has 14 rings (SSSR count). The van der Waals surface area contributed by atoms with E-state index in [2.05, 4.69) is 227 Å². The number of rotatable bonds is 3. The molecule has 4 heteroatoms. The maximum absolute atomic E-state index is 6.63. The summed E-state index contributed by atoms with van der Waals surface area (Å²) < 4.78 is 9.23. The third kappa shape index (κ3) is 5.59. The van der Waals surface area contributed by atoms with Gasteiger partial charge >= 0.3 is 0 Å². The lowest BCUT2D eigenvalue weighted by Gasteiger charge is -2.42. The Kier molecular flexibility index (Phi) is 8.15. The van der Waals surface area contributed by atoms with Crippen molar-refractivity contribution < 1.29 is 4.42 Å². The Morgan fingerprint density at radius 3 is 1.93 bits per heavy atom. The predicted molar refractivity (Wildman–Crippen MR) is 297 cm³/mol. The van der Waals surface area contributed by atoms with Gasteiger partial charge in [-0.25, -0.2) is 0 Å². The molecule has 3 heterocycles. The van der Waals surface area contributed by atoms with E-state index in [0.29, 0.717) is 0 Å². The van der Waals surface area contributed by atoms with Crippen LogP contribution in [0.3, 0.4) is 0 Å². The number of nitrogens with zero attached hydrogens (tertiary/aromatic N) is 1. The minimum absolute atomic E-state index is 0.0608. The van der Waals surface area contributed by atoms with E-state index < -0.39 is 0 Å². The van der Waals surface area contributed by atoms with Gasteiger partial charge in [0, 0.05) is 60.5 Å². The van der Waals surface area contributed by atoms with E-state index >= 15 is 0 Å². The Hall–Kier alpha value is -6.78. The molecule has 1 N–H and O–H groups in total. The highest BCUT2D eigenvalue weighted by molar-refractivity contribution is 6.73. The largest absolute Gasteiger partial charge is 0.456 e. The maximum atomic E-state index is 6.63. The third-order valence-corrected chi connectivity index (χ3v) is 17.8. The lowest BCUT2D eigenvalue weighted by molar-refractivity contribution is 0.331. The molecule has 3 aliphatic carbocycles. The van der Waals surface area contributed by atoms with Crippen LogP contribution in [-0.4, -0.2) is 11.8 Å². The average Bonchev–Trinajstić information content (AvgIpc) is 3.99. The minimum Gasteiger partial charge on any atom is -0.456 e. The highest BCUT2D eigenvalue weighted by Gasteiger charge is 2.44. The number of nitrogens with one attached hydrogen (secondary N) is 1. The zero-order valence-corrected chi connectivity index (χ0v) is 42.5. The molecule has 0 atom stereocenters. The van der Waals surface area contributed by atoms with Gasteiger partial charge < -0.3 is 14.3 Å². The fourth-order valence-corrected chi connectivity index (χ4v) is 13.6. The molecule has 4 aliphatic rings. The lowest BCUT2D eigenvalue weighted by Crippen LogP contribution is -2.37. The average molecular weight is 908 g/mol. The topological polar surface area (TPSA) is 30.1 Å². The van der Waals surface area contributed by atoms with E-state index in [1.165, 1.54) is 118 Å². The zero-order valence-electron chi connectivity index (χ0n) is 42.5. The van der Waals surface area contributed by atoms with Crippen molar-refractivity contribution in [3.8, 4) is 39.1 Å². The van der Waals surface area contributed by atoms with E-state index in [-0.39, 0.29) is 27.1 Å². The van der Waals surface area contributed by atoms with Gasteiger partial charge in [-0.2, -0.15) is 0 Å². The van der Waals surface area contributed by atoms with Crippen molar-refractivity contribution >= 4 is 73.3 Å². The number of anilines is 2. The summed E-state index contributed by atoms with van der Waals surface area (Å²) >= 11 is 0. The van der Waals surface area contributed by atoms with Gasteiger partial charge in [-0.1, -0.05) is 154 Å². The molecule has 1 aliphatic heterocycles. The van der Waals surface area contributed by atoms with Crippen LogP contribution in [0, 0.1) is 0 Å². The number of para-hydroxylation sites is 1. The summed E-state index contributed by atoms with van der Waals surface area (Å²) in [6, 6.07) is 51.4. The van der Waals surface area contributed by atoms with Gasteiger partial charge in [-0.05, 0) is 162 Å². The van der Waals surface area contributed by atoms with Gasteiger partial charge in [0.15, 0.2) is 7.28 Å². The van der Waals surface area contributed by atoms with Crippen LogP contribution >= 0.6 is 0 Å². The summed E-state index contributed by atoms with van der Waals surface area (Å²) in [5.41, 5.74) is 27.8. The van der Waals surface area contributed by atoms with Crippen molar-refractivity contribution in [2.45, 2.75) is 116 Å². The fraction of sp³-hybridized carbons (Fsp3) is 0.273. The van der Waals surface area contributed by atoms with Crippen LogP contribution in [0.25, 0.3) is 82.8 Å². The summed E-state index contributed by atoms with van der Waals surface area (Å²) in [7, 11) is 2.46. The van der Waals surface area contributed by atoms with Crippen molar-refractivity contribution in [1.82, 2.24) is 4.57 Å². The van der Waals surface area contributed by atoms with E-state index in [1.54, 1.807) is 0 Å². The maximum Gasteiger partial charge on any atom is 0.198 e. The van der Waals surface area contributed by atoms with Gasteiger partial charge in [0.05, 0.1) is 5.52 Å². The Labute approximate surface area is 413 Å². The number of benzene rings is 8. The van der Waals surface area contributed by atoms with Gasteiger partial charge in [-0.15, -0.1) is 0 Å². The first-order chi connectivity index (χ1) is 33.3. The highest BCUT2D eigenvalue weighted by Crippen LogP contribution is 2.57. The summed E-state index contributed by atoms with van der Waals surface area (Å²) in [6.07, 6.45) is 2.38. The first-order valence-corrected chi connectivity index (χ1v) is 25.6. The standard InChI is InChI=1S/C66H60BN2O/c1-62(2,3)36-20-22-37(23-21-36)68-55-33-50-43(44-30-52-53(32-49(44)66(50,10)11)64(6,7)27-26-63(52,4)5)28-45(55)40-24-25-41-46-29-42-38-16-12-14-18-48(38)65(8,9)51(42)34-56(46)69-57-31-47-39-17-13-15-19-58(39)70-59(47)35-54(57)67-60(40)61(41)69/h12-25,28-35,68H,26-27H2,1-11H3. The molecule has 0 bridgehead atoms. The van der Waals surface area contributed by atoms with E-state index in [4.69, 9.17) is 4.42 Å². The molecule has 0 unspecified atom stereocenters. The van der Waals surface area contributed by atoms with Crippen LogP contribution in [0.4, 0.5) is 11.4 Å². The van der Waals surface area contributed by atoms with Crippen LogP contribution in [0.1, 0.15) is 128 Å². The van der Waals surface area contributed by atoms with Crippen molar-refractivity contribution in [2.24, 2.45) is 0 Å². The van der Waals surface area contributed by atoms with Gasteiger partial charge in [0.1, 0.15) is 11.2 Å². The van der Waals surface area contributed by atoms with E-state index in [9.17, 15) is 0 Å². The molecular formula is C66H60BN2O. The van der Waals surface area contributed by atoms with Gasteiger partial charge in [0.2, 0.25) is 0 Å². The minimum atomic E-state index is -0.192. The number of furan rings is 1. The molecule has 0 spiro atoms. The first kappa shape index (κ1) is 42.1. The molecule has 0 saturated heterocycles. The molecule has 3 nitrogen and oxygen atoms in total. The Bertz CT molecular complexity index is 3970. The number of aromatic nitrogens is 1. The predicted octanol–water partition coefficient (Wildman–Crippen LogP) is 16.3. The lowest BCUT2D eigenvalue weighted by atomic mass is 9.59. The number of hydrogen-bond acceptors (Lipinski definition) is 2. The van der Waals surface area contributed by atoms with Crippen LogP contribution in [0.2, 0.25) is 0 Å². The molecule has 1 radical (unpaired) electrons. The zero-order chi connectivity index (χ0) is 48.2. The summed E-state index contributed by atoms with van der Waals surface area (Å²) in [5, 5.41) is 8.90. The first-order valence-electron chi connectivity index (χ1n) is 25.6. The fourth-order valence-electron chi connectivity index (χ4n) is 13.6. The number of hydrogen-bond donors (Lipinski definition) is 1. The van der Waals surface area contributed by atoms with Gasteiger partial charge in [0.25, 0.3) is 0 Å². The second-order valence-electron chi connectivity index (χ2n) is 24.7. The molecule has 10 aromatic rings. The van der Waals surface area contributed by atoms with Crippen molar-refractivity contribution in [3.05, 3.63) is 172 Å². The van der Waals surface area contributed by atoms with Crippen molar-refractivity contribution in [1.29, 1.82) is 0 Å². The molecule has 0 amide bonds. The van der Waals surface area contributed by atoms with Crippen molar-refractivity contribution in [3.63, 3.8) is 0 Å². The molecule has 70 heavy (non-hydrogen) atoms. The Balaban J connectivity index is 1.06. The van der Waals surface area contributed by atoms with E-state index in [1.807, 2.05) is 0 Å². The van der Waals surface area contributed by atoms with Crippen LogP contribution < -0.4 is 16.2 Å². The van der Waals surface area contributed by atoms with E-state index in [0.717, 1.165) is 38.8 Å².